The normalized spacial score (nSPS) is 17.6. The second-order valence-corrected chi connectivity index (χ2v) is 9.05. The van der Waals surface area contributed by atoms with Gasteiger partial charge in [-0.1, -0.05) is 23.5 Å². The van der Waals surface area contributed by atoms with E-state index in [2.05, 4.69) is 35.5 Å². The SMILES string of the molecule is CC[N+]1=C(SC)SCCC1.CC[N+]1=C(SC)SCCC1.[O-]B([O-])F. The largest absolute Gasteiger partial charge is 0.867 e. The third-order valence-electron chi connectivity index (χ3n) is 3.22. The first-order valence-corrected chi connectivity index (χ1v) is 12.4. The maximum Gasteiger partial charge on any atom is 0.269 e. The molecule has 0 aromatic rings. The van der Waals surface area contributed by atoms with Gasteiger partial charge in [-0.2, -0.15) is 0 Å². The zero-order valence-corrected chi connectivity index (χ0v) is 18.2. The lowest BCUT2D eigenvalue weighted by Gasteiger charge is -2.10. The van der Waals surface area contributed by atoms with E-state index in [0.717, 1.165) is 0 Å². The predicted octanol–water partition coefficient (Wildman–Crippen LogP) is 1.41. The molecule has 0 aliphatic carbocycles. The van der Waals surface area contributed by atoms with Crippen molar-refractivity contribution in [1.82, 2.24) is 0 Å². The van der Waals surface area contributed by atoms with E-state index in [9.17, 15) is 4.32 Å². The van der Waals surface area contributed by atoms with Gasteiger partial charge in [0.1, 0.15) is 33.6 Å². The average molecular weight is 414 g/mol. The molecule has 2 heterocycles. The van der Waals surface area contributed by atoms with Gasteiger partial charge in [0.25, 0.3) is 8.75 Å². The van der Waals surface area contributed by atoms with E-state index in [-0.39, 0.29) is 0 Å². The number of rotatable bonds is 2. The molecular weight excluding hydrogens is 386 g/mol. The molecule has 0 aromatic heterocycles. The van der Waals surface area contributed by atoms with Crippen LogP contribution >= 0.6 is 47.0 Å². The molecule has 0 aromatic carbocycles. The fourth-order valence-electron chi connectivity index (χ4n) is 2.15. The van der Waals surface area contributed by atoms with Crippen molar-refractivity contribution < 1.29 is 23.5 Å². The Bertz CT molecular complexity index is 343. The van der Waals surface area contributed by atoms with Crippen molar-refractivity contribution >= 4 is 63.2 Å². The highest BCUT2D eigenvalue weighted by atomic mass is 32.2. The topological polar surface area (TPSA) is 52.1 Å². The molecule has 2 aliphatic rings. The van der Waals surface area contributed by atoms with E-state index in [4.69, 9.17) is 10.0 Å². The molecule has 0 amide bonds. The van der Waals surface area contributed by atoms with Crippen LogP contribution in [0.4, 0.5) is 4.32 Å². The van der Waals surface area contributed by atoms with Gasteiger partial charge < -0.3 is 14.4 Å². The summed E-state index contributed by atoms with van der Waals surface area (Å²) in [5, 5.41) is 16.6. The molecule has 0 saturated carbocycles. The molecule has 2 aliphatic heterocycles. The Morgan fingerprint density at radius 3 is 1.50 bits per heavy atom. The monoisotopic (exact) mass is 414 g/mol. The molecule has 0 N–H and O–H groups in total. The average Bonchev–Trinajstić information content (AvgIpc) is 2.61. The van der Waals surface area contributed by atoms with Crippen LogP contribution in [0.3, 0.4) is 0 Å². The summed E-state index contributed by atoms with van der Waals surface area (Å²) in [5.41, 5.74) is 0. The number of nitrogens with zero attached hydrogens (tertiary/aromatic N) is 2. The van der Waals surface area contributed by atoms with Gasteiger partial charge in [0.05, 0.1) is 0 Å². The van der Waals surface area contributed by atoms with Gasteiger partial charge in [-0.05, 0) is 49.9 Å². The van der Waals surface area contributed by atoms with Gasteiger partial charge >= 0.3 is 0 Å². The highest BCUT2D eigenvalue weighted by Gasteiger charge is 2.18. The summed E-state index contributed by atoms with van der Waals surface area (Å²) >= 11 is 7.77. The van der Waals surface area contributed by atoms with Crippen LogP contribution in [-0.4, -0.2) is 75.5 Å². The first kappa shape index (κ1) is 24.7. The van der Waals surface area contributed by atoms with Crippen molar-refractivity contribution in [3.05, 3.63) is 0 Å². The lowest BCUT2D eigenvalue weighted by Crippen LogP contribution is -2.39. The van der Waals surface area contributed by atoms with Gasteiger partial charge in [-0.15, -0.1) is 0 Å². The van der Waals surface area contributed by atoms with Crippen LogP contribution in [0.15, 0.2) is 0 Å². The van der Waals surface area contributed by atoms with Crippen molar-refractivity contribution in [2.45, 2.75) is 26.7 Å². The second-order valence-electron chi connectivity index (χ2n) is 4.78. The minimum Gasteiger partial charge on any atom is -0.867 e. The Morgan fingerprint density at radius 1 is 0.958 bits per heavy atom. The van der Waals surface area contributed by atoms with Crippen LogP contribution in [0.5, 0.6) is 0 Å². The molecule has 0 spiro atoms. The number of halogens is 1. The summed E-state index contributed by atoms with van der Waals surface area (Å²) < 4.78 is 17.8. The third kappa shape index (κ3) is 11.3. The number of hydrogen-bond donors (Lipinski definition) is 0. The maximum atomic E-state index is 9.89. The Labute approximate surface area is 163 Å². The molecule has 0 fully saturated rings. The zero-order chi connectivity index (χ0) is 18.4. The highest BCUT2D eigenvalue weighted by Crippen LogP contribution is 2.19. The zero-order valence-electron chi connectivity index (χ0n) is 15.0. The highest BCUT2D eigenvalue weighted by molar-refractivity contribution is 8.38. The standard InChI is InChI=1S/2C7H14NS2.BFO2/c2*1-3-8-5-4-6-10-7(8)9-2;2-1(3)4/h2*3-6H2,1-2H3;/q2*+1;-2. The lowest BCUT2D eigenvalue weighted by atomic mass is 10.3. The van der Waals surface area contributed by atoms with E-state index in [1.165, 1.54) is 59.3 Å². The summed E-state index contributed by atoms with van der Waals surface area (Å²) in [7, 11) is -3.17. The van der Waals surface area contributed by atoms with E-state index < -0.39 is 7.40 Å². The van der Waals surface area contributed by atoms with Gasteiger partial charge in [-0.25, -0.2) is 9.15 Å². The van der Waals surface area contributed by atoms with E-state index >= 15 is 0 Å². The van der Waals surface area contributed by atoms with Crippen LogP contribution in [0.2, 0.25) is 0 Å². The Kier molecular flexibility index (Phi) is 16.3. The molecule has 0 radical (unpaired) electrons. The molecule has 0 bridgehead atoms. The van der Waals surface area contributed by atoms with Crippen molar-refractivity contribution in [2.75, 3.05) is 50.2 Å². The van der Waals surface area contributed by atoms with Crippen LogP contribution in [-0.2, 0) is 0 Å². The fourth-order valence-corrected chi connectivity index (χ4v) is 6.25. The second kappa shape index (κ2) is 15.9. The predicted molar refractivity (Wildman–Crippen MR) is 109 cm³/mol. The Balaban J connectivity index is 0.000000363. The van der Waals surface area contributed by atoms with Crippen molar-refractivity contribution in [3.8, 4) is 0 Å². The van der Waals surface area contributed by atoms with Crippen LogP contribution in [0.1, 0.15) is 26.7 Å². The van der Waals surface area contributed by atoms with Gasteiger partial charge in [0, 0.05) is 24.3 Å². The Hall–Kier alpha value is 0.655. The van der Waals surface area contributed by atoms with Crippen molar-refractivity contribution in [1.29, 1.82) is 0 Å². The Morgan fingerprint density at radius 2 is 1.29 bits per heavy atom. The fraction of sp³-hybridized carbons (Fsp3) is 0.857. The maximum absolute atomic E-state index is 9.89. The number of thioether (sulfide) groups is 4. The van der Waals surface area contributed by atoms with Crippen molar-refractivity contribution in [2.24, 2.45) is 0 Å². The number of hydrogen-bond acceptors (Lipinski definition) is 6. The van der Waals surface area contributed by atoms with Gasteiger partial charge in [-0.3, -0.25) is 0 Å². The summed E-state index contributed by atoms with van der Waals surface area (Å²) in [5.74, 6) is 2.62. The summed E-state index contributed by atoms with van der Waals surface area (Å²) in [4.78, 5) is 0. The summed E-state index contributed by atoms with van der Waals surface area (Å²) in [6.07, 6.45) is 7.03. The molecule has 10 heteroatoms. The van der Waals surface area contributed by atoms with Crippen molar-refractivity contribution in [3.63, 3.8) is 0 Å². The lowest BCUT2D eigenvalue weighted by molar-refractivity contribution is -0.520. The molecule has 0 atom stereocenters. The quantitative estimate of drug-likeness (QED) is 0.503. The third-order valence-corrected chi connectivity index (χ3v) is 8.14. The smallest absolute Gasteiger partial charge is 0.269 e. The molecule has 2 rings (SSSR count). The van der Waals surface area contributed by atoms with Crippen LogP contribution in [0.25, 0.3) is 0 Å². The summed E-state index contributed by atoms with van der Waals surface area (Å²) in [6, 6.07) is 0. The molecule has 4 nitrogen and oxygen atoms in total. The molecular formula is C14H28BFN2O2S4. The minimum atomic E-state index is -3.17. The first-order chi connectivity index (χ1) is 11.5. The minimum absolute atomic E-state index is 1.17. The molecule has 0 saturated heterocycles. The van der Waals surface area contributed by atoms with Crippen LogP contribution in [0, 0.1) is 0 Å². The van der Waals surface area contributed by atoms with Gasteiger partial charge in [0.15, 0.2) is 0 Å². The molecule has 24 heavy (non-hydrogen) atoms. The molecule has 0 unspecified atom stereocenters. The van der Waals surface area contributed by atoms with E-state index in [1.807, 2.05) is 47.0 Å². The van der Waals surface area contributed by atoms with Crippen LogP contribution < -0.4 is 10.0 Å². The first-order valence-electron chi connectivity index (χ1n) is 8.03. The van der Waals surface area contributed by atoms with E-state index in [1.54, 1.807) is 0 Å². The molecule has 140 valence electrons. The summed E-state index contributed by atoms with van der Waals surface area (Å²) in [6.45, 7) is 9.32. The van der Waals surface area contributed by atoms with Gasteiger partial charge in [0.2, 0.25) is 0 Å². The van der Waals surface area contributed by atoms with E-state index in [0.29, 0.717) is 0 Å².